The van der Waals surface area contributed by atoms with E-state index in [-0.39, 0.29) is 0 Å². The lowest BCUT2D eigenvalue weighted by Crippen LogP contribution is -2.18. The van der Waals surface area contributed by atoms with E-state index in [4.69, 9.17) is 10.7 Å². The number of nitrogens with two attached hydrogens (primary N) is 1. The molecule has 1 aliphatic rings. The van der Waals surface area contributed by atoms with Gasteiger partial charge in [-0.2, -0.15) is 0 Å². The van der Waals surface area contributed by atoms with Gasteiger partial charge in [0.1, 0.15) is 5.82 Å². The molecule has 1 aromatic carbocycles. The highest BCUT2D eigenvalue weighted by Crippen LogP contribution is 2.25. The Labute approximate surface area is 114 Å². The molecule has 3 N–H and O–H groups in total. The summed E-state index contributed by atoms with van der Waals surface area (Å²) in [6.07, 6.45) is 3.54. The Hall–Kier alpha value is -1.61. The molecule has 2 unspecified atom stereocenters. The van der Waals surface area contributed by atoms with E-state index in [1.54, 1.807) is 0 Å². The van der Waals surface area contributed by atoms with Gasteiger partial charge in [-0.25, -0.2) is 4.98 Å². The maximum absolute atomic E-state index is 5.95. The molecular formula is C16H21N3. The van der Waals surface area contributed by atoms with E-state index < -0.39 is 0 Å². The van der Waals surface area contributed by atoms with Gasteiger partial charge >= 0.3 is 0 Å². The minimum Gasteiger partial charge on any atom is -0.370 e. The van der Waals surface area contributed by atoms with E-state index in [1.807, 2.05) is 6.07 Å². The molecule has 0 saturated heterocycles. The first-order valence-electron chi connectivity index (χ1n) is 7.08. The molecule has 3 heteroatoms. The van der Waals surface area contributed by atoms with E-state index in [0.29, 0.717) is 12.0 Å². The topological polar surface area (TPSA) is 50.9 Å². The molecule has 0 aliphatic heterocycles. The first-order valence-corrected chi connectivity index (χ1v) is 7.08. The number of pyridine rings is 1. The fraction of sp³-hybridized carbons (Fsp3) is 0.438. The molecule has 1 fully saturated rings. The number of anilines is 1. The molecule has 2 aromatic rings. The Morgan fingerprint density at radius 3 is 2.95 bits per heavy atom. The smallest absolute Gasteiger partial charge is 0.129 e. The number of rotatable bonds is 3. The molecule has 0 bridgehead atoms. The normalized spacial score (nSPS) is 22.8. The van der Waals surface area contributed by atoms with Gasteiger partial charge in [-0.3, -0.25) is 0 Å². The Morgan fingerprint density at radius 1 is 1.32 bits per heavy atom. The van der Waals surface area contributed by atoms with Gasteiger partial charge in [0.2, 0.25) is 0 Å². The maximum Gasteiger partial charge on any atom is 0.129 e. The number of benzene rings is 1. The van der Waals surface area contributed by atoms with Gasteiger partial charge < -0.3 is 11.1 Å². The summed E-state index contributed by atoms with van der Waals surface area (Å²) in [5.41, 5.74) is 8.22. The molecule has 0 spiro atoms. The quantitative estimate of drug-likeness (QED) is 0.886. The Balaban J connectivity index is 1.75. The van der Waals surface area contributed by atoms with Crippen LogP contribution in [0.2, 0.25) is 0 Å². The Bertz CT molecular complexity index is 579. The predicted molar refractivity (Wildman–Crippen MR) is 80.3 cm³/mol. The molecule has 1 heterocycles. The monoisotopic (exact) mass is 255 g/mol. The second kappa shape index (κ2) is 5.17. The van der Waals surface area contributed by atoms with Crippen molar-refractivity contribution in [1.29, 1.82) is 0 Å². The fourth-order valence-corrected chi connectivity index (χ4v) is 2.94. The second-order valence-corrected chi connectivity index (χ2v) is 5.67. The highest BCUT2D eigenvalue weighted by molar-refractivity contribution is 5.81. The number of hydrogen-bond acceptors (Lipinski definition) is 3. The number of hydrogen-bond donors (Lipinski definition) is 2. The number of nitrogens with zero attached hydrogens (tertiary/aromatic N) is 1. The van der Waals surface area contributed by atoms with Gasteiger partial charge in [-0.1, -0.05) is 18.2 Å². The molecule has 0 amide bonds. The lowest BCUT2D eigenvalue weighted by molar-refractivity contribution is 0.565. The van der Waals surface area contributed by atoms with Crippen molar-refractivity contribution in [3.8, 4) is 0 Å². The number of fused-ring (bicyclic) bond motifs is 1. The van der Waals surface area contributed by atoms with Crippen LogP contribution in [0.5, 0.6) is 0 Å². The van der Waals surface area contributed by atoms with Gasteiger partial charge in [0, 0.05) is 18.0 Å². The highest BCUT2D eigenvalue weighted by Gasteiger charge is 2.21. The highest BCUT2D eigenvalue weighted by atomic mass is 15.0. The first kappa shape index (κ1) is 12.4. The molecule has 1 aliphatic carbocycles. The minimum absolute atomic E-state index is 0.400. The van der Waals surface area contributed by atoms with Crippen LogP contribution in [0, 0.1) is 12.8 Å². The van der Waals surface area contributed by atoms with Crippen molar-refractivity contribution in [3.63, 3.8) is 0 Å². The van der Waals surface area contributed by atoms with Crippen LogP contribution >= 0.6 is 0 Å². The van der Waals surface area contributed by atoms with Gasteiger partial charge in [-0.15, -0.1) is 0 Å². The lowest BCUT2D eigenvalue weighted by atomic mass is 10.1. The van der Waals surface area contributed by atoms with Crippen LogP contribution in [0.15, 0.2) is 30.3 Å². The second-order valence-electron chi connectivity index (χ2n) is 5.67. The first-order chi connectivity index (χ1) is 9.22. The van der Waals surface area contributed by atoms with E-state index in [0.717, 1.165) is 30.7 Å². The summed E-state index contributed by atoms with van der Waals surface area (Å²) in [6.45, 7) is 3.10. The summed E-state index contributed by atoms with van der Waals surface area (Å²) in [5.74, 6) is 1.71. The van der Waals surface area contributed by atoms with Crippen molar-refractivity contribution < 1.29 is 0 Å². The average molecular weight is 255 g/mol. The molecule has 1 saturated carbocycles. The lowest BCUT2D eigenvalue weighted by Gasteiger charge is -2.14. The van der Waals surface area contributed by atoms with Crippen molar-refractivity contribution in [2.24, 2.45) is 11.7 Å². The van der Waals surface area contributed by atoms with Crippen LogP contribution in [0.4, 0.5) is 5.82 Å². The molecule has 3 rings (SSSR count). The predicted octanol–water partition coefficient (Wildman–Crippen LogP) is 3.08. The van der Waals surface area contributed by atoms with Gasteiger partial charge in [0.15, 0.2) is 0 Å². The number of aromatic nitrogens is 1. The summed E-state index contributed by atoms with van der Waals surface area (Å²) < 4.78 is 0. The largest absolute Gasteiger partial charge is 0.370 e. The third kappa shape index (κ3) is 2.71. The van der Waals surface area contributed by atoms with Crippen LogP contribution in [0.1, 0.15) is 24.8 Å². The number of aryl methyl sites for hydroxylation is 1. The van der Waals surface area contributed by atoms with Crippen molar-refractivity contribution in [1.82, 2.24) is 4.98 Å². The van der Waals surface area contributed by atoms with Gasteiger partial charge in [-0.05, 0) is 49.8 Å². The minimum atomic E-state index is 0.400. The Kier molecular flexibility index (Phi) is 3.38. The van der Waals surface area contributed by atoms with Crippen molar-refractivity contribution in [2.45, 2.75) is 32.2 Å². The third-order valence-electron chi connectivity index (χ3n) is 4.05. The molecule has 19 heavy (non-hydrogen) atoms. The summed E-state index contributed by atoms with van der Waals surface area (Å²) in [7, 11) is 0. The van der Waals surface area contributed by atoms with E-state index >= 15 is 0 Å². The summed E-state index contributed by atoms with van der Waals surface area (Å²) in [4.78, 5) is 4.71. The van der Waals surface area contributed by atoms with Gasteiger partial charge in [0.25, 0.3) is 0 Å². The van der Waals surface area contributed by atoms with Gasteiger partial charge in [0.05, 0.1) is 5.52 Å². The van der Waals surface area contributed by atoms with Crippen LogP contribution in [-0.4, -0.2) is 17.6 Å². The standard InChI is InChI=1S/C16H21N3/c1-11-8-13-4-2-3-5-15(13)19-16(11)18-10-12-6-7-14(17)9-12/h2-5,8,12,14H,6-7,9-10,17H2,1H3,(H,18,19). The van der Waals surface area contributed by atoms with Crippen LogP contribution in [0.3, 0.4) is 0 Å². The van der Waals surface area contributed by atoms with E-state index in [2.05, 4.69) is 36.5 Å². The molecule has 100 valence electrons. The molecular weight excluding hydrogens is 234 g/mol. The average Bonchev–Trinajstić information content (AvgIpc) is 2.82. The zero-order chi connectivity index (χ0) is 13.2. The molecule has 3 nitrogen and oxygen atoms in total. The van der Waals surface area contributed by atoms with E-state index in [9.17, 15) is 0 Å². The van der Waals surface area contributed by atoms with Crippen LogP contribution < -0.4 is 11.1 Å². The third-order valence-corrected chi connectivity index (χ3v) is 4.05. The SMILES string of the molecule is Cc1cc2ccccc2nc1NCC1CCC(N)C1. The fourth-order valence-electron chi connectivity index (χ4n) is 2.94. The van der Waals surface area contributed by atoms with Crippen LogP contribution in [-0.2, 0) is 0 Å². The van der Waals surface area contributed by atoms with Crippen LogP contribution in [0.25, 0.3) is 10.9 Å². The van der Waals surface area contributed by atoms with E-state index in [1.165, 1.54) is 17.4 Å². The van der Waals surface area contributed by atoms with Crippen molar-refractivity contribution in [2.75, 3.05) is 11.9 Å². The maximum atomic E-state index is 5.95. The summed E-state index contributed by atoms with van der Waals surface area (Å²) >= 11 is 0. The van der Waals surface area contributed by atoms with Crippen molar-refractivity contribution in [3.05, 3.63) is 35.9 Å². The Morgan fingerprint density at radius 2 is 2.16 bits per heavy atom. The zero-order valence-electron chi connectivity index (χ0n) is 11.4. The summed E-state index contributed by atoms with van der Waals surface area (Å²) in [5, 5.41) is 4.70. The number of nitrogens with one attached hydrogen (secondary N) is 1. The zero-order valence-corrected chi connectivity index (χ0v) is 11.4. The molecule has 2 atom stereocenters. The number of para-hydroxylation sites is 1. The summed E-state index contributed by atoms with van der Waals surface area (Å²) in [6, 6.07) is 10.9. The molecule has 0 radical (unpaired) electrons. The van der Waals surface area contributed by atoms with Crippen molar-refractivity contribution >= 4 is 16.7 Å². The molecule has 1 aromatic heterocycles.